The Balaban J connectivity index is 0.000000269. The Bertz CT molecular complexity index is 937. The van der Waals surface area contributed by atoms with Crippen LogP contribution in [0.2, 0.25) is 0 Å². The zero-order chi connectivity index (χ0) is 27.6. The third kappa shape index (κ3) is 13.7. The number of aryl methyl sites for hydroxylation is 1. The van der Waals surface area contributed by atoms with Crippen LogP contribution in [0, 0.1) is 6.92 Å². The highest BCUT2D eigenvalue weighted by atomic mass is 16.6. The third-order valence-electron chi connectivity index (χ3n) is 5.59. The first-order valence-corrected chi connectivity index (χ1v) is 13.4. The molecule has 2 aromatic carbocycles. The van der Waals surface area contributed by atoms with E-state index < -0.39 is 5.60 Å². The van der Waals surface area contributed by atoms with Crippen molar-refractivity contribution in [1.82, 2.24) is 4.90 Å². The molecule has 0 unspecified atom stereocenters. The molecular weight excluding hydrogens is 482 g/mol. The lowest BCUT2D eigenvalue weighted by Crippen LogP contribution is -2.39. The van der Waals surface area contributed by atoms with Crippen molar-refractivity contribution in [1.29, 1.82) is 0 Å². The van der Waals surface area contributed by atoms with Gasteiger partial charge in [0.2, 0.25) is 0 Å². The molecule has 0 radical (unpaired) electrons. The number of ether oxygens (including phenoxy) is 4. The molecule has 38 heavy (non-hydrogen) atoms. The molecule has 0 bridgehead atoms. The van der Waals surface area contributed by atoms with Crippen LogP contribution in [0.15, 0.2) is 60.7 Å². The number of nitrogens with zero attached hydrogens (tertiary/aromatic N) is 1. The van der Waals surface area contributed by atoms with Crippen molar-refractivity contribution in [3.05, 3.63) is 77.4 Å². The highest BCUT2D eigenvalue weighted by Crippen LogP contribution is 2.23. The summed E-state index contributed by atoms with van der Waals surface area (Å²) >= 11 is 0. The number of amides is 1. The minimum atomic E-state index is -0.433. The van der Waals surface area contributed by atoms with Crippen molar-refractivity contribution >= 4 is 11.7 Å². The van der Waals surface area contributed by atoms with Crippen molar-refractivity contribution in [2.24, 2.45) is 0 Å². The van der Waals surface area contributed by atoms with Crippen LogP contribution in [0.4, 0.5) is 4.79 Å². The number of benzene rings is 2. The van der Waals surface area contributed by atoms with E-state index in [4.69, 9.17) is 24.1 Å². The average molecular weight is 528 g/mol. The predicted molar refractivity (Wildman–Crippen MR) is 151 cm³/mol. The Morgan fingerprint density at radius 3 is 2.11 bits per heavy atom. The van der Waals surface area contributed by atoms with Gasteiger partial charge in [-0.2, -0.15) is 0 Å². The van der Waals surface area contributed by atoms with Crippen LogP contribution in [0.1, 0.15) is 50.3 Å². The van der Waals surface area contributed by atoms with Crippen molar-refractivity contribution in [2.75, 3.05) is 52.7 Å². The highest BCUT2D eigenvalue weighted by molar-refractivity contribution is 5.72. The third-order valence-corrected chi connectivity index (χ3v) is 5.59. The van der Waals surface area contributed by atoms with Gasteiger partial charge in [0.15, 0.2) is 0 Å². The Morgan fingerprint density at radius 1 is 0.895 bits per heavy atom. The first-order chi connectivity index (χ1) is 18.3. The van der Waals surface area contributed by atoms with Gasteiger partial charge >= 0.3 is 6.09 Å². The SMILES string of the molecule is Cc1ccc(C2=CCN(C(=O)OC(C)(C)C)CC2)cc1.OCCCOCCOCCOCc1ccccc1. The van der Waals surface area contributed by atoms with Crippen LogP contribution in [-0.4, -0.2) is 74.4 Å². The molecule has 0 fully saturated rings. The van der Waals surface area contributed by atoms with E-state index in [1.165, 1.54) is 22.3 Å². The van der Waals surface area contributed by atoms with Gasteiger partial charge < -0.3 is 29.0 Å². The lowest BCUT2D eigenvalue weighted by molar-refractivity contribution is 0.00868. The van der Waals surface area contributed by atoms with E-state index in [-0.39, 0.29) is 12.7 Å². The molecule has 3 rings (SSSR count). The van der Waals surface area contributed by atoms with E-state index in [0.29, 0.717) is 59.2 Å². The van der Waals surface area contributed by atoms with E-state index >= 15 is 0 Å². The first-order valence-electron chi connectivity index (χ1n) is 13.4. The molecule has 0 aliphatic carbocycles. The molecule has 0 saturated carbocycles. The first kappa shape index (κ1) is 31.5. The molecule has 0 aromatic heterocycles. The van der Waals surface area contributed by atoms with Crippen LogP contribution in [-0.2, 0) is 25.6 Å². The maximum absolute atomic E-state index is 12.0. The summed E-state index contributed by atoms with van der Waals surface area (Å²) in [6.07, 6.45) is 3.46. The van der Waals surface area contributed by atoms with E-state index in [1.54, 1.807) is 4.90 Å². The quantitative estimate of drug-likeness (QED) is 0.360. The smallest absolute Gasteiger partial charge is 0.410 e. The molecule has 2 aromatic rings. The van der Waals surface area contributed by atoms with E-state index in [2.05, 4.69) is 37.3 Å². The number of aliphatic hydroxyl groups excluding tert-OH is 1. The molecular formula is C31H45NO6. The zero-order valence-electron chi connectivity index (χ0n) is 23.5. The van der Waals surface area contributed by atoms with E-state index in [1.807, 2.05) is 51.1 Å². The number of rotatable bonds is 12. The number of hydrogen-bond donors (Lipinski definition) is 1. The maximum atomic E-state index is 12.0. The molecule has 1 aliphatic heterocycles. The van der Waals surface area contributed by atoms with Gasteiger partial charge in [0.25, 0.3) is 0 Å². The molecule has 1 N–H and O–H groups in total. The van der Waals surface area contributed by atoms with Gasteiger partial charge in [0, 0.05) is 26.3 Å². The lowest BCUT2D eigenvalue weighted by Gasteiger charge is -2.29. The second-order valence-corrected chi connectivity index (χ2v) is 10.1. The van der Waals surface area contributed by atoms with Crippen molar-refractivity contribution in [3.8, 4) is 0 Å². The Labute approximate surface area is 228 Å². The molecule has 0 saturated heterocycles. The van der Waals surface area contributed by atoms with Gasteiger partial charge in [-0.1, -0.05) is 66.2 Å². The van der Waals surface area contributed by atoms with Crippen LogP contribution < -0.4 is 0 Å². The summed E-state index contributed by atoms with van der Waals surface area (Å²) in [5.41, 5.74) is 4.56. The van der Waals surface area contributed by atoms with Gasteiger partial charge in [-0.15, -0.1) is 0 Å². The molecule has 1 heterocycles. The van der Waals surface area contributed by atoms with E-state index in [0.717, 1.165) is 6.42 Å². The Kier molecular flexibility index (Phi) is 14.7. The van der Waals surface area contributed by atoms with Crippen LogP contribution in [0.5, 0.6) is 0 Å². The second-order valence-electron chi connectivity index (χ2n) is 10.1. The second kappa shape index (κ2) is 17.7. The van der Waals surface area contributed by atoms with Crippen LogP contribution >= 0.6 is 0 Å². The molecule has 0 spiro atoms. The molecule has 1 amide bonds. The van der Waals surface area contributed by atoms with Crippen molar-refractivity contribution in [2.45, 2.75) is 52.7 Å². The topological polar surface area (TPSA) is 77.5 Å². The number of carbonyl (C=O) groups excluding carboxylic acids is 1. The fourth-order valence-corrected chi connectivity index (χ4v) is 3.56. The summed E-state index contributed by atoms with van der Waals surface area (Å²) in [6.45, 7) is 12.8. The standard InChI is InChI=1S/C17H23NO2.C14H22O4/c1-13-5-7-14(8-6-13)15-9-11-18(12-10-15)16(19)20-17(2,3)4;15-7-4-8-16-9-10-17-11-12-18-13-14-5-2-1-3-6-14/h5-9H,10-12H2,1-4H3;1-3,5-6,15H,4,7-13H2. The molecule has 0 atom stereocenters. The Morgan fingerprint density at radius 2 is 1.53 bits per heavy atom. The summed E-state index contributed by atoms with van der Waals surface area (Å²) < 4.78 is 21.4. The van der Waals surface area contributed by atoms with Crippen molar-refractivity contribution in [3.63, 3.8) is 0 Å². The highest BCUT2D eigenvalue weighted by Gasteiger charge is 2.23. The lowest BCUT2D eigenvalue weighted by atomic mass is 9.99. The number of hydrogen-bond acceptors (Lipinski definition) is 6. The monoisotopic (exact) mass is 527 g/mol. The molecule has 7 heteroatoms. The fourth-order valence-electron chi connectivity index (χ4n) is 3.56. The number of aliphatic hydroxyl groups is 1. The Hall–Kier alpha value is -2.71. The maximum Gasteiger partial charge on any atom is 0.410 e. The van der Waals surface area contributed by atoms with Gasteiger partial charge in [0.05, 0.1) is 33.0 Å². The van der Waals surface area contributed by atoms with Gasteiger partial charge in [-0.3, -0.25) is 0 Å². The summed E-state index contributed by atoms with van der Waals surface area (Å²) in [5, 5.41) is 8.53. The molecule has 1 aliphatic rings. The summed E-state index contributed by atoms with van der Waals surface area (Å²) in [6, 6.07) is 18.6. The van der Waals surface area contributed by atoms with Crippen LogP contribution in [0.3, 0.4) is 0 Å². The molecule has 210 valence electrons. The summed E-state index contributed by atoms with van der Waals surface area (Å²) in [7, 11) is 0. The predicted octanol–water partition coefficient (Wildman–Crippen LogP) is 5.64. The molecule has 7 nitrogen and oxygen atoms in total. The number of carbonyl (C=O) groups is 1. The largest absolute Gasteiger partial charge is 0.444 e. The average Bonchev–Trinajstić information content (AvgIpc) is 2.90. The minimum Gasteiger partial charge on any atom is -0.444 e. The van der Waals surface area contributed by atoms with Gasteiger partial charge in [-0.05, 0) is 57.2 Å². The van der Waals surface area contributed by atoms with Gasteiger partial charge in [0.1, 0.15) is 5.60 Å². The fraction of sp³-hybridized carbons (Fsp3) is 0.516. The zero-order valence-corrected chi connectivity index (χ0v) is 23.5. The summed E-state index contributed by atoms with van der Waals surface area (Å²) in [5.74, 6) is 0. The van der Waals surface area contributed by atoms with Gasteiger partial charge in [-0.25, -0.2) is 4.79 Å². The summed E-state index contributed by atoms with van der Waals surface area (Å²) in [4.78, 5) is 13.7. The van der Waals surface area contributed by atoms with E-state index in [9.17, 15) is 4.79 Å². The normalized spacial score (nSPS) is 13.4. The minimum absolute atomic E-state index is 0.175. The van der Waals surface area contributed by atoms with Crippen molar-refractivity contribution < 1.29 is 28.8 Å². The van der Waals surface area contributed by atoms with Crippen LogP contribution in [0.25, 0.3) is 5.57 Å².